The fourth-order valence-electron chi connectivity index (χ4n) is 9.59. The van der Waals surface area contributed by atoms with Crippen LogP contribution < -0.4 is 9.97 Å². The topological polar surface area (TPSA) is 135 Å². The third-order valence-electron chi connectivity index (χ3n) is 13.2. The van der Waals surface area contributed by atoms with Gasteiger partial charge in [-0.3, -0.25) is 0 Å². The zero-order valence-corrected chi connectivity index (χ0v) is 43.3. The van der Waals surface area contributed by atoms with Crippen LogP contribution in [0.3, 0.4) is 0 Å². The smallest absolute Gasteiger partial charge is 0.657 e. The molecular formula is C58H72N4O4Zn. The molecule has 8 nitrogen and oxygen atoms in total. The zero-order valence-electron chi connectivity index (χ0n) is 40.3. The maximum atomic E-state index is 11.6. The number of hydrogen-bond acceptors (Lipinski definition) is 6. The third kappa shape index (κ3) is 14.4. The van der Waals surface area contributed by atoms with E-state index in [-0.39, 0.29) is 42.5 Å². The van der Waals surface area contributed by atoms with E-state index in [1.54, 1.807) is 24.3 Å². The minimum Gasteiger partial charge on any atom is -0.657 e. The first-order valence-electron chi connectivity index (χ1n) is 25.4. The zero-order chi connectivity index (χ0) is 46.1. The number of phenols is 4. The Morgan fingerprint density at radius 1 is 0.373 bits per heavy atom. The molecule has 67 heavy (non-hydrogen) atoms. The molecule has 2 aromatic carbocycles. The molecule has 350 valence electrons. The standard InChI is InChI=1S/C58H72N4O4.Zn/c1-3-5-7-9-11-13-15-17-19-21-23-25-41-35-51(63)57(52(64)36-41)55-47-31-27-43(59-47)39-45-29-33-49(61-45)56(50-34-30-46(62-50)40-44-28-32-48(55)60-44)58-53(65)37-42(38-54(58)66)26-24-22-20-18-16-14-12-10-8-6-4-2;/h27-40H,3-26H2,1-2H3,(H4-2,59,60,61,62,63,64,65,66);/q-2;+2. The molecule has 0 amide bonds. The molecule has 4 N–H and O–H groups in total. The average Bonchev–Trinajstić information content (AvgIpc) is 4.14. The number of fused-ring (bicyclic) bond motifs is 8. The van der Waals surface area contributed by atoms with Crippen molar-refractivity contribution in [3.8, 4) is 45.3 Å². The van der Waals surface area contributed by atoms with Gasteiger partial charge in [-0.15, -0.1) is 22.1 Å². The van der Waals surface area contributed by atoms with Crippen LogP contribution in [0.25, 0.3) is 68.6 Å². The minimum absolute atomic E-state index is 0. The molecule has 9 heteroatoms. The normalized spacial score (nSPS) is 12.0. The van der Waals surface area contributed by atoms with E-state index >= 15 is 0 Å². The van der Waals surface area contributed by atoms with Crippen molar-refractivity contribution in [3.05, 3.63) is 94.6 Å². The summed E-state index contributed by atoms with van der Waals surface area (Å²) in [6.45, 7) is 4.52. The molecule has 0 saturated heterocycles. The van der Waals surface area contributed by atoms with Gasteiger partial charge in [0.25, 0.3) is 0 Å². The summed E-state index contributed by atoms with van der Waals surface area (Å²) in [6, 6.07) is 18.3. The third-order valence-corrected chi connectivity index (χ3v) is 13.2. The molecule has 0 spiro atoms. The predicted molar refractivity (Wildman–Crippen MR) is 275 cm³/mol. The molecule has 0 atom stereocenters. The molecule has 5 aromatic rings. The summed E-state index contributed by atoms with van der Waals surface area (Å²) in [5.41, 5.74) is 8.19. The maximum Gasteiger partial charge on any atom is 2.00 e. The second-order valence-electron chi connectivity index (χ2n) is 18.6. The monoisotopic (exact) mass is 952 g/mol. The summed E-state index contributed by atoms with van der Waals surface area (Å²) >= 11 is 0. The van der Waals surface area contributed by atoms with Crippen molar-refractivity contribution in [1.82, 2.24) is 19.9 Å². The fraction of sp³-hybridized carbons (Fsp3) is 0.448. The number of phenolic OH excluding ortho intramolecular Hbond substituents is 4. The number of nitrogens with zero attached hydrogens (tertiary/aromatic N) is 4. The van der Waals surface area contributed by atoms with Gasteiger partial charge in [0.2, 0.25) is 0 Å². The van der Waals surface area contributed by atoms with Gasteiger partial charge >= 0.3 is 19.5 Å². The van der Waals surface area contributed by atoms with Gasteiger partial charge in [-0.2, -0.15) is 0 Å². The Labute approximate surface area is 411 Å². The number of hydrogen-bond donors (Lipinski definition) is 4. The molecule has 8 bridgehead atoms. The van der Waals surface area contributed by atoms with Crippen molar-refractivity contribution in [2.75, 3.05) is 0 Å². The minimum atomic E-state index is -0.0130. The van der Waals surface area contributed by atoms with Crippen LogP contribution in [0.4, 0.5) is 0 Å². The van der Waals surface area contributed by atoms with E-state index in [1.807, 2.05) is 60.7 Å². The Kier molecular flexibility index (Phi) is 20.2. The van der Waals surface area contributed by atoms with Gasteiger partial charge in [0.05, 0.1) is 33.9 Å². The van der Waals surface area contributed by atoms with Crippen LogP contribution in [-0.4, -0.2) is 30.4 Å². The van der Waals surface area contributed by atoms with Crippen molar-refractivity contribution < 1.29 is 39.9 Å². The summed E-state index contributed by atoms with van der Waals surface area (Å²) in [5, 5.41) is 46.3. The number of rotatable bonds is 26. The largest absolute Gasteiger partial charge is 2.00 e. The van der Waals surface area contributed by atoms with E-state index < -0.39 is 0 Å². The first kappa shape index (κ1) is 51.3. The molecule has 0 fully saturated rings. The first-order valence-corrected chi connectivity index (χ1v) is 25.4. The van der Waals surface area contributed by atoms with Gasteiger partial charge in [0, 0.05) is 11.1 Å². The summed E-state index contributed by atoms with van der Waals surface area (Å²) in [6.07, 6.45) is 36.9. The maximum absolute atomic E-state index is 11.6. The number of aryl methyl sites for hydroxylation is 2. The Bertz CT molecular complexity index is 2380. The van der Waals surface area contributed by atoms with E-state index in [2.05, 4.69) is 13.8 Å². The molecule has 7 rings (SSSR count). The van der Waals surface area contributed by atoms with Crippen molar-refractivity contribution >= 4 is 46.4 Å². The van der Waals surface area contributed by atoms with Gasteiger partial charge in [-0.1, -0.05) is 179 Å². The van der Waals surface area contributed by atoms with Gasteiger partial charge in [-0.05, 0) is 85.4 Å². The molecule has 2 aliphatic heterocycles. The summed E-state index contributed by atoms with van der Waals surface area (Å²) in [4.78, 5) is 19.9. The molecular weight excluding hydrogens is 882 g/mol. The van der Waals surface area contributed by atoms with Crippen molar-refractivity contribution in [3.63, 3.8) is 0 Å². The summed E-state index contributed by atoms with van der Waals surface area (Å²) in [5.74, 6) is -0.0522. The number of benzene rings is 2. The molecule has 5 heterocycles. The summed E-state index contributed by atoms with van der Waals surface area (Å²) in [7, 11) is 0. The van der Waals surface area contributed by atoms with Crippen LogP contribution >= 0.6 is 0 Å². The van der Waals surface area contributed by atoms with Gasteiger partial charge in [0.1, 0.15) is 23.0 Å². The Morgan fingerprint density at radius 2 is 0.687 bits per heavy atom. The molecule has 0 unspecified atom stereocenters. The fourth-order valence-corrected chi connectivity index (χ4v) is 9.59. The van der Waals surface area contributed by atoms with Crippen LogP contribution in [0.5, 0.6) is 23.0 Å². The van der Waals surface area contributed by atoms with Crippen molar-refractivity contribution in [2.45, 2.75) is 168 Å². The van der Waals surface area contributed by atoms with Gasteiger partial charge < -0.3 is 30.4 Å². The molecule has 0 radical (unpaired) electrons. The quantitative estimate of drug-likeness (QED) is 0.0311. The molecule has 0 saturated carbocycles. The van der Waals surface area contributed by atoms with Crippen molar-refractivity contribution in [2.24, 2.45) is 0 Å². The number of aromatic hydroxyl groups is 4. The van der Waals surface area contributed by atoms with E-state index in [0.717, 1.165) is 49.7 Å². The average molecular weight is 955 g/mol. The van der Waals surface area contributed by atoms with Gasteiger partial charge in [-0.25, -0.2) is 9.97 Å². The molecule has 0 aliphatic carbocycles. The summed E-state index contributed by atoms with van der Waals surface area (Å²) < 4.78 is 0. The van der Waals surface area contributed by atoms with Crippen molar-refractivity contribution in [1.29, 1.82) is 0 Å². The van der Waals surface area contributed by atoms with Crippen LogP contribution in [0.15, 0.2) is 60.7 Å². The Balaban J connectivity index is 0.00000741. The van der Waals surface area contributed by atoms with Crippen LogP contribution in [-0.2, 0) is 32.3 Å². The molecule has 2 aliphatic rings. The molecule has 3 aromatic heterocycles. The van der Waals surface area contributed by atoms with E-state index in [9.17, 15) is 20.4 Å². The first-order chi connectivity index (χ1) is 32.3. The Hall–Kier alpha value is -5.14. The van der Waals surface area contributed by atoms with E-state index in [1.165, 1.54) is 116 Å². The van der Waals surface area contributed by atoms with Gasteiger partial charge in [0.15, 0.2) is 0 Å². The van der Waals surface area contributed by atoms with Crippen LogP contribution in [0.2, 0.25) is 0 Å². The van der Waals surface area contributed by atoms with E-state index in [0.29, 0.717) is 67.1 Å². The second-order valence-corrected chi connectivity index (χ2v) is 18.6. The second kappa shape index (κ2) is 26.4. The SMILES string of the molecule is CCCCCCCCCCCCCc1cc(O)c(-c2c3nc(cc4ccc([n-]4)c(-c4c(O)cc(CCCCCCCCCCCCC)cc4O)c4nc(cc5ccc2[n-]5)C=C4)C=C3)c(O)c1.[Zn+2]. The van der Waals surface area contributed by atoms with Crippen LogP contribution in [0.1, 0.15) is 189 Å². The Morgan fingerprint density at radius 3 is 1.01 bits per heavy atom. The number of unbranched alkanes of at least 4 members (excludes halogenated alkanes) is 20. The predicted octanol–water partition coefficient (Wildman–Crippen LogP) is 15.8. The van der Waals surface area contributed by atoms with E-state index in [4.69, 9.17) is 19.9 Å². The number of aromatic nitrogens is 4. The van der Waals surface area contributed by atoms with Crippen LogP contribution in [0, 0.1) is 0 Å².